The number of nitrogens with zero attached hydrogens (tertiary/aromatic N) is 5. The Hall–Kier alpha value is -1.82. The molecule has 0 aromatic carbocycles. The number of aryl methyl sites for hydroxylation is 2. The van der Waals surface area contributed by atoms with Crippen LogP contribution < -0.4 is 0 Å². The molecule has 2 aromatic rings. The fourth-order valence-electron chi connectivity index (χ4n) is 1.56. The Morgan fingerprint density at radius 3 is 2.50 bits per heavy atom. The van der Waals surface area contributed by atoms with Gasteiger partial charge < -0.3 is 4.42 Å². The first-order valence-corrected chi connectivity index (χ1v) is 5.94. The van der Waals surface area contributed by atoms with Gasteiger partial charge in [-0.1, -0.05) is 6.92 Å². The topological polar surface area (TPSA) is 67.9 Å². The highest BCUT2D eigenvalue weighted by atomic mass is 16.4. The zero-order chi connectivity index (χ0) is 13.0. The van der Waals surface area contributed by atoms with Crippen molar-refractivity contribution in [2.45, 2.75) is 33.4 Å². The van der Waals surface area contributed by atoms with Crippen LogP contribution in [0.5, 0.6) is 0 Å². The number of hydrogen-bond acceptors (Lipinski definition) is 6. The zero-order valence-electron chi connectivity index (χ0n) is 10.9. The Balaban J connectivity index is 1.91. The van der Waals surface area contributed by atoms with E-state index in [4.69, 9.17) is 4.42 Å². The molecular formula is C12H17N5O. The van der Waals surface area contributed by atoms with Crippen LogP contribution >= 0.6 is 0 Å². The lowest BCUT2D eigenvalue weighted by Gasteiger charge is -2.13. The van der Waals surface area contributed by atoms with E-state index in [0.717, 1.165) is 17.8 Å². The third-order valence-electron chi connectivity index (χ3n) is 2.48. The molecule has 0 aliphatic carbocycles. The van der Waals surface area contributed by atoms with Crippen molar-refractivity contribution in [1.29, 1.82) is 0 Å². The van der Waals surface area contributed by atoms with Crippen LogP contribution in [-0.2, 0) is 19.5 Å². The van der Waals surface area contributed by atoms with Crippen molar-refractivity contribution in [3.63, 3.8) is 0 Å². The highest BCUT2D eigenvalue weighted by molar-refractivity contribution is 5.00. The fourth-order valence-corrected chi connectivity index (χ4v) is 1.56. The average Bonchev–Trinajstić information content (AvgIpc) is 2.79. The Labute approximate surface area is 106 Å². The summed E-state index contributed by atoms with van der Waals surface area (Å²) >= 11 is 0. The van der Waals surface area contributed by atoms with E-state index in [1.165, 1.54) is 0 Å². The molecule has 0 atom stereocenters. The molecule has 0 fully saturated rings. The molecular weight excluding hydrogens is 230 g/mol. The smallest absolute Gasteiger partial charge is 0.230 e. The Morgan fingerprint density at radius 1 is 1.11 bits per heavy atom. The van der Waals surface area contributed by atoms with Crippen LogP contribution in [0.15, 0.2) is 16.8 Å². The van der Waals surface area contributed by atoms with E-state index in [-0.39, 0.29) is 0 Å². The normalized spacial score (nSPS) is 11.1. The maximum atomic E-state index is 5.46. The molecule has 2 heterocycles. The van der Waals surface area contributed by atoms with Gasteiger partial charge in [0, 0.05) is 25.4 Å². The van der Waals surface area contributed by atoms with E-state index in [0.29, 0.717) is 24.9 Å². The van der Waals surface area contributed by atoms with Crippen molar-refractivity contribution >= 4 is 0 Å². The molecule has 2 aromatic heterocycles. The van der Waals surface area contributed by atoms with Gasteiger partial charge in [0.15, 0.2) is 0 Å². The number of aromatic nitrogens is 4. The van der Waals surface area contributed by atoms with Gasteiger partial charge in [0.05, 0.1) is 17.9 Å². The lowest BCUT2D eigenvalue weighted by Crippen LogP contribution is -2.18. The van der Waals surface area contributed by atoms with Crippen LogP contribution in [0.3, 0.4) is 0 Å². The maximum absolute atomic E-state index is 5.46. The van der Waals surface area contributed by atoms with Crippen molar-refractivity contribution in [3.05, 3.63) is 35.6 Å². The van der Waals surface area contributed by atoms with Crippen molar-refractivity contribution in [1.82, 2.24) is 25.1 Å². The van der Waals surface area contributed by atoms with Crippen molar-refractivity contribution < 1.29 is 4.42 Å². The van der Waals surface area contributed by atoms with Crippen LogP contribution in [0.2, 0.25) is 0 Å². The van der Waals surface area contributed by atoms with Crippen molar-refractivity contribution in [2.75, 3.05) is 7.05 Å². The summed E-state index contributed by atoms with van der Waals surface area (Å²) in [4.78, 5) is 10.6. The van der Waals surface area contributed by atoms with E-state index in [9.17, 15) is 0 Å². The third kappa shape index (κ3) is 3.33. The van der Waals surface area contributed by atoms with Gasteiger partial charge in [0.1, 0.15) is 0 Å². The first-order chi connectivity index (χ1) is 8.67. The average molecular weight is 247 g/mol. The van der Waals surface area contributed by atoms with Gasteiger partial charge in [-0.2, -0.15) is 0 Å². The fraction of sp³-hybridized carbons (Fsp3) is 0.500. The highest BCUT2D eigenvalue weighted by Crippen LogP contribution is 2.06. The molecule has 96 valence electrons. The summed E-state index contributed by atoms with van der Waals surface area (Å²) in [5, 5.41) is 7.92. The van der Waals surface area contributed by atoms with E-state index in [2.05, 4.69) is 25.1 Å². The largest absolute Gasteiger partial charge is 0.424 e. The molecule has 6 heteroatoms. The summed E-state index contributed by atoms with van der Waals surface area (Å²) in [7, 11) is 1.98. The lowest BCUT2D eigenvalue weighted by atomic mass is 10.4. The van der Waals surface area contributed by atoms with Gasteiger partial charge in [0.2, 0.25) is 11.8 Å². The standard InChI is InChI=1S/C12H17N5O/c1-4-11-15-16-12(18-11)8-17(3)7-10-6-13-9(2)5-14-10/h5-6H,4,7-8H2,1-3H3. The van der Waals surface area contributed by atoms with Crippen LogP contribution in [0, 0.1) is 6.92 Å². The predicted octanol–water partition coefficient (Wildman–Crippen LogP) is 1.36. The van der Waals surface area contributed by atoms with Crippen LogP contribution in [-0.4, -0.2) is 32.1 Å². The molecule has 0 amide bonds. The van der Waals surface area contributed by atoms with Crippen LogP contribution in [0.25, 0.3) is 0 Å². The lowest BCUT2D eigenvalue weighted by molar-refractivity contribution is 0.274. The summed E-state index contributed by atoms with van der Waals surface area (Å²) in [5.74, 6) is 1.31. The maximum Gasteiger partial charge on any atom is 0.230 e. The van der Waals surface area contributed by atoms with E-state index >= 15 is 0 Å². The van der Waals surface area contributed by atoms with Crippen molar-refractivity contribution in [3.8, 4) is 0 Å². The summed E-state index contributed by atoms with van der Waals surface area (Å²) in [6.45, 7) is 5.23. The summed E-state index contributed by atoms with van der Waals surface area (Å²) in [6.07, 6.45) is 4.32. The molecule has 0 saturated heterocycles. The number of hydrogen-bond donors (Lipinski definition) is 0. The summed E-state index contributed by atoms with van der Waals surface area (Å²) < 4.78 is 5.46. The molecule has 18 heavy (non-hydrogen) atoms. The van der Waals surface area contributed by atoms with E-state index in [1.54, 1.807) is 12.4 Å². The predicted molar refractivity (Wildman–Crippen MR) is 65.6 cm³/mol. The Bertz CT molecular complexity index is 493. The van der Waals surface area contributed by atoms with E-state index < -0.39 is 0 Å². The third-order valence-corrected chi connectivity index (χ3v) is 2.48. The molecule has 0 aliphatic heterocycles. The van der Waals surface area contributed by atoms with Crippen LogP contribution in [0.1, 0.15) is 30.1 Å². The number of rotatable bonds is 5. The first kappa shape index (κ1) is 12.6. The van der Waals surface area contributed by atoms with Gasteiger partial charge in [-0.25, -0.2) is 0 Å². The molecule has 6 nitrogen and oxygen atoms in total. The minimum atomic E-state index is 0.614. The van der Waals surface area contributed by atoms with Crippen LogP contribution in [0.4, 0.5) is 0 Å². The van der Waals surface area contributed by atoms with E-state index in [1.807, 2.05) is 20.9 Å². The summed E-state index contributed by atoms with van der Waals surface area (Å²) in [5.41, 5.74) is 1.85. The quantitative estimate of drug-likeness (QED) is 0.794. The van der Waals surface area contributed by atoms with Gasteiger partial charge >= 0.3 is 0 Å². The molecule has 0 spiro atoms. The summed E-state index contributed by atoms with van der Waals surface area (Å²) in [6, 6.07) is 0. The molecule has 0 unspecified atom stereocenters. The van der Waals surface area contributed by atoms with Gasteiger partial charge in [-0.05, 0) is 14.0 Å². The minimum absolute atomic E-state index is 0.614. The van der Waals surface area contributed by atoms with Gasteiger partial charge in [0.25, 0.3) is 0 Å². The highest BCUT2D eigenvalue weighted by Gasteiger charge is 2.08. The second-order valence-corrected chi connectivity index (χ2v) is 4.26. The molecule has 0 aliphatic rings. The molecule has 0 radical (unpaired) electrons. The zero-order valence-corrected chi connectivity index (χ0v) is 10.9. The first-order valence-electron chi connectivity index (χ1n) is 5.94. The van der Waals surface area contributed by atoms with Crippen molar-refractivity contribution in [2.24, 2.45) is 0 Å². The minimum Gasteiger partial charge on any atom is -0.424 e. The monoisotopic (exact) mass is 247 g/mol. The molecule has 0 saturated carbocycles. The molecule has 0 N–H and O–H groups in total. The van der Waals surface area contributed by atoms with Gasteiger partial charge in [-0.15, -0.1) is 10.2 Å². The Morgan fingerprint density at radius 2 is 1.89 bits per heavy atom. The van der Waals surface area contributed by atoms with Gasteiger partial charge in [-0.3, -0.25) is 14.9 Å². The molecule has 0 bridgehead atoms. The second-order valence-electron chi connectivity index (χ2n) is 4.26. The SMILES string of the molecule is CCc1nnc(CN(C)Cc2cnc(C)cn2)o1. The Kier molecular flexibility index (Phi) is 3.99. The second kappa shape index (κ2) is 5.68. The molecule has 2 rings (SSSR count).